The van der Waals surface area contributed by atoms with Crippen molar-refractivity contribution in [3.63, 3.8) is 0 Å². The molecule has 2 atom stereocenters. The summed E-state index contributed by atoms with van der Waals surface area (Å²) in [6, 6.07) is 6.47. The number of hydrogen-bond donors (Lipinski definition) is 2. The Kier molecular flexibility index (Phi) is 2.91. The molecule has 0 aliphatic carbocycles. The van der Waals surface area contributed by atoms with E-state index in [1.54, 1.807) is 0 Å². The first kappa shape index (κ1) is 10.9. The van der Waals surface area contributed by atoms with Crippen molar-refractivity contribution < 1.29 is 9.47 Å². The molecule has 0 spiro atoms. The molecule has 2 aliphatic heterocycles. The van der Waals surface area contributed by atoms with Gasteiger partial charge in [-0.05, 0) is 49.5 Å². The number of hydrogen-bond acceptors (Lipinski definition) is 4. The molecule has 2 aliphatic rings. The molecule has 1 fully saturated rings. The maximum absolute atomic E-state index is 6.14. The average Bonchev–Trinajstić information content (AvgIpc) is 2.79. The normalized spacial score (nSPS) is 27.1. The molecular weight excluding hydrogens is 216 g/mol. The summed E-state index contributed by atoms with van der Waals surface area (Å²) < 4.78 is 10.7. The van der Waals surface area contributed by atoms with E-state index in [0.29, 0.717) is 18.8 Å². The molecule has 17 heavy (non-hydrogen) atoms. The first-order valence-corrected chi connectivity index (χ1v) is 6.18. The van der Waals surface area contributed by atoms with Gasteiger partial charge in [0.1, 0.15) is 0 Å². The first-order chi connectivity index (χ1) is 8.33. The lowest BCUT2D eigenvalue weighted by molar-refractivity contribution is 0.174. The molecule has 1 aromatic carbocycles. The lowest BCUT2D eigenvalue weighted by atomic mass is 9.88. The van der Waals surface area contributed by atoms with Gasteiger partial charge in [0.15, 0.2) is 11.5 Å². The van der Waals surface area contributed by atoms with Crippen molar-refractivity contribution in [3.8, 4) is 11.5 Å². The van der Waals surface area contributed by atoms with E-state index in [9.17, 15) is 0 Å². The van der Waals surface area contributed by atoms with Crippen LogP contribution >= 0.6 is 0 Å². The van der Waals surface area contributed by atoms with Crippen LogP contribution in [-0.2, 0) is 6.42 Å². The predicted molar refractivity (Wildman–Crippen MR) is 65.2 cm³/mol. The van der Waals surface area contributed by atoms with Gasteiger partial charge in [0.05, 0.1) is 0 Å². The summed E-state index contributed by atoms with van der Waals surface area (Å²) in [5.74, 6) is 2.23. The molecule has 0 saturated carbocycles. The van der Waals surface area contributed by atoms with Crippen LogP contribution in [0.2, 0.25) is 0 Å². The highest BCUT2D eigenvalue weighted by Gasteiger charge is 2.22. The third-order valence-electron chi connectivity index (χ3n) is 3.60. The van der Waals surface area contributed by atoms with Crippen LogP contribution in [0.3, 0.4) is 0 Å². The van der Waals surface area contributed by atoms with Crippen molar-refractivity contribution in [1.29, 1.82) is 0 Å². The van der Waals surface area contributed by atoms with E-state index in [4.69, 9.17) is 15.2 Å². The van der Waals surface area contributed by atoms with Crippen LogP contribution in [0.25, 0.3) is 0 Å². The lowest BCUT2D eigenvalue weighted by Gasteiger charge is -2.29. The van der Waals surface area contributed by atoms with Gasteiger partial charge in [0.2, 0.25) is 6.79 Å². The van der Waals surface area contributed by atoms with Crippen molar-refractivity contribution >= 4 is 0 Å². The Hall–Kier alpha value is -1.26. The van der Waals surface area contributed by atoms with Crippen molar-refractivity contribution in [3.05, 3.63) is 23.8 Å². The van der Waals surface area contributed by atoms with E-state index in [-0.39, 0.29) is 0 Å². The molecule has 0 aromatic heterocycles. The second-order valence-corrected chi connectivity index (χ2v) is 4.81. The third-order valence-corrected chi connectivity index (χ3v) is 3.60. The van der Waals surface area contributed by atoms with Crippen LogP contribution in [-0.4, -0.2) is 25.9 Å². The minimum absolute atomic E-state index is 0.307. The fraction of sp³-hybridized carbons (Fsp3) is 0.538. The first-order valence-electron chi connectivity index (χ1n) is 6.18. The number of ether oxygens (including phenoxy) is 2. The van der Waals surface area contributed by atoms with Crippen LogP contribution in [0.4, 0.5) is 0 Å². The Morgan fingerprint density at radius 2 is 2.18 bits per heavy atom. The van der Waals surface area contributed by atoms with Crippen LogP contribution < -0.4 is 20.5 Å². The fourth-order valence-electron chi connectivity index (χ4n) is 2.54. The maximum Gasteiger partial charge on any atom is 0.231 e. The second-order valence-electron chi connectivity index (χ2n) is 4.81. The van der Waals surface area contributed by atoms with Gasteiger partial charge < -0.3 is 20.5 Å². The van der Waals surface area contributed by atoms with Crippen LogP contribution in [0.5, 0.6) is 11.5 Å². The highest BCUT2D eigenvalue weighted by atomic mass is 16.7. The standard InChI is InChI=1S/C13H18N2O2/c14-11-3-4-15-7-10(11)5-9-1-2-12-13(6-9)17-8-16-12/h1-2,6,10-11,15H,3-5,7-8,14H2. The fourth-order valence-corrected chi connectivity index (χ4v) is 2.54. The smallest absolute Gasteiger partial charge is 0.231 e. The zero-order valence-corrected chi connectivity index (χ0v) is 9.82. The topological polar surface area (TPSA) is 56.5 Å². The van der Waals surface area contributed by atoms with Crippen molar-refractivity contribution in [2.24, 2.45) is 11.7 Å². The molecule has 0 radical (unpaired) electrons. The molecule has 4 nitrogen and oxygen atoms in total. The maximum atomic E-state index is 6.14. The predicted octanol–water partition coefficient (Wildman–Crippen LogP) is 0.895. The van der Waals surface area contributed by atoms with Gasteiger partial charge in [-0.3, -0.25) is 0 Å². The molecule has 0 bridgehead atoms. The van der Waals surface area contributed by atoms with Crippen LogP contribution in [0.1, 0.15) is 12.0 Å². The average molecular weight is 234 g/mol. The minimum Gasteiger partial charge on any atom is -0.454 e. The summed E-state index contributed by atoms with van der Waals surface area (Å²) in [6.07, 6.45) is 2.07. The minimum atomic E-state index is 0.307. The third kappa shape index (κ3) is 2.23. The number of fused-ring (bicyclic) bond motifs is 1. The van der Waals surface area contributed by atoms with Crippen molar-refractivity contribution in [2.75, 3.05) is 19.9 Å². The summed E-state index contributed by atoms with van der Waals surface area (Å²) in [5.41, 5.74) is 7.42. The summed E-state index contributed by atoms with van der Waals surface area (Å²) in [7, 11) is 0. The number of nitrogens with two attached hydrogens (primary N) is 1. The Bertz CT molecular complexity index is 408. The van der Waals surface area contributed by atoms with Gasteiger partial charge in [-0.25, -0.2) is 0 Å². The van der Waals surface area contributed by atoms with Gasteiger partial charge in [-0.15, -0.1) is 0 Å². The molecule has 4 heteroatoms. The largest absolute Gasteiger partial charge is 0.454 e. The molecule has 3 N–H and O–H groups in total. The second kappa shape index (κ2) is 4.55. The van der Waals surface area contributed by atoms with Gasteiger partial charge in [-0.2, -0.15) is 0 Å². The monoisotopic (exact) mass is 234 g/mol. The Labute approximate surface area is 101 Å². The van der Waals surface area contributed by atoms with E-state index in [2.05, 4.69) is 17.4 Å². The van der Waals surface area contributed by atoms with Crippen LogP contribution in [0.15, 0.2) is 18.2 Å². The van der Waals surface area contributed by atoms with Gasteiger partial charge >= 0.3 is 0 Å². The molecule has 3 rings (SSSR count). The highest BCUT2D eigenvalue weighted by molar-refractivity contribution is 5.44. The van der Waals surface area contributed by atoms with E-state index in [1.165, 1.54) is 5.56 Å². The van der Waals surface area contributed by atoms with Gasteiger partial charge in [-0.1, -0.05) is 6.07 Å². The Morgan fingerprint density at radius 3 is 3.06 bits per heavy atom. The van der Waals surface area contributed by atoms with Crippen LogP contribution in [0, 0.1) is 5.92 Å². The summed E-state index contributed by atoms with van der Waals surface area (Å²) >= 11 is 0. The van der Waals surface area contributed by atoms with E-state index >= 15 is 0 Å². The molecule has 1 saturated heterocycles. The molecule has 2 unspecified atom stereocenters. The quantitative estimate of drug-likeness (QED) is 0.798. The zero-order chi connectivity index (χ0) is 11.7. The lowest BCUT2D eigenvalue weighted by Crippen LogP contribution is -2.45. The molecule has 2 heterocycles. The molecule has 0 amide bonds. The van der Waals surface area contributed by atoms with E-state index in [0.717, 1.165) is 37.4 Å². The Morgan fingerprint density at radius 1 is 1.29 bits per heavy atom. The van der Waals surface area contributed by atoms with Gasteiger partial charge in [0, 0.05) is 6.04 Å². The number of rotatable bonds is 2. The number of benzene rings is 1. The van der Waals surface area contributed by atoms with E-state index < -0.39 is 0 Å². The number of piperidine rings is 1. The molecule has 92 valence electrons. The summed E-state index contributed by atoms with van der Waals surface area (Å²) in [5, 5.41) is 3.40. The van der Waals surface area contributed by atoms with Crippen molar-refractivity contribution in [1.82, 2.24) is 5.32 Å². The summed E-state index contributed by atoms with van der Waals surface area (Å²) in [6.45, 7) is 2.39. The zero-order valence-electron chi connectivity index (χ0n) is 9.82. The molecular formula is C13H18N2O2. The summed E-state index contributed by atoms with van der Waals surface area (Å²) in [4.78, 5) is 0. The van der Waals surface area contributed by atoms with Gasteiger partial charge in [0.25, 0.3) is 0 Å². The highest BCUT2D eigenvalue weighted by Crippen LogP contribution is 2.33. The SMILES string of the molecule is NC1CCNCC1Cc1ccc2c(c1)OCO2. The Balaban J connectivity index is 1.72. The molecule has 1 aromatic rings. The van der Waals surface area contributed by atoms with Crippen molar-refractivity contribution in [2.45, 2.75) is 18.9 Å². The number of nitrogens with one attached hydrogen (secondary N) is 1. The van der Waals surface area contributed by atoms with E-state index in [1.807, 2.05) is 6.07 Å².